The van der Waals surface area contributed by atoms with Crippen molar-refractivity contribution in [1.82, 2.24) is 0 Å². The van der Waals surface area contributed by atoms with Crippen LogP contribution in [0.2, 0.25) is 0 Å². The van der Waals surface area contributed by atoms with Gasteiger partial charge in [-0.25, -0.2) is 8.78 Å². The first-order valence-corrected chi connectivity index (χ1v) is 6.85. The third-order valence-electron chi connectivity index (χ3n) is 3.78. The third-order valence-corrected chi connectivity index (χ3v) is 3.78. The Balaban J connectivity index is 1.71. The molecule has 0 saturated heterocycles. The van der Waals surface area contributed by atoms with Crippen LogP contribution in [0, 0.1) is 11.6 Å². The lowest BCUT2D eigenvalue weighted by Crippen LogP contribution is -2.02. The average Bonchev–Trinajstić information content (AvgIpc) is 3.28. The van der Waals surface area contributed by atoms with Gasteiger partial charge in [-0.05, 0) is 47.6 Å². The normalized spacial score (nSPS) is 16.1. The van der Waals surface area contributed by atoms with E-state index in [1.165, 1.54) is 24.5 Å². The van der Waals surface area contributed by atoms with E-state index < -0.39 is 17.7 Å². The SMILES string of the molecule is OC(Cc1ccc(F)c(F)c1)c1ccc(C2CC2)cc1. The van der Waals surface area contributed by atoms with Gasteiger partial charge < -0.3 is 5.11 Å². The van der Waals surface area contributed by atoms with Crippen LogP contribution in [0.5, 0.6) is 0 Å². The van der Waals surface area contributed by atoms with Gasteiger partial charge in [0.15, 0.2) is 11.6 Å². The Hall–Kier alpha value is -1.74. The molecule has 0 amide bonds. The van der Waals surface area contributed by atoms with Crippen LogP contribution in [-0.2, 0) is 6.42 Å². The molecule has 1 aliphatic carbocycles. The molecule has 1 nitrogen and oxygen atoms in total. The summed E-state index contributed by atoms with van der Waals surface area (Å²) >= 11 is 0. The molecule has 1 aliphatic rings. The lowest BCUT2D eigenvalue weighted by Gasteiger charge is -2.12. The maximum absolute atomic E-state index is 13.1. The molecule has 0 aliphatic heterocycles. The number of hydrogen-bond acceptors (Lipinski definition) is 1. The highest BCUT2D eigenvalue weighted by molar-refractivity contribution is 5.30. The zero-order valence-corrected chi connectivity index (χ0v) is 11.0. The minimum atomic E-state index is -0.876. The molecule has 1 fully saturated rings. The molecule has 20 heavy (non-hydrogen) atoms. The van der Waals surface area contributed by atoms with E-state index in [9.17, 15) is 13.9 Å². The fourth-order valence-corrected chi connectivity index (χ4v) is 2.41. The van der Waals surface area contributed by atoms with Crippen LogP contribution >= 0.6 is 0 Å². The molecule has 104 valence electrons. The van der Waals surface area contributed by atoms with E-state index in [-0.39, 0.29) is 6.42 Å². The molecule has 1 saturated carbocycles. The molecule has 1 atom stereocenters. The zero-order valence-electron chi connectivity index (χ0n) is 11.0. The summed E-state index contributed by atoms with van der Waals surface area (Å²) in [6.07, 6.45) is 2.07. The molecule has 2 aromatic rings. The van der Waals surface area contributed by atoms with Crippen molar-refractivity contribution in [2.45, 2.75) is 31.3 Å². The number of rotatable bonds is 4. The van der Waals surface area contributed by atoms with Crippen molar-refractivity contribution in [2.75, 3.05) is 0 Å². The van der Waals surface area contributed by atoms with E-state index in [4.69, 9.17) is 0 Å². The smallest absolute Gasteiger partial charge is 0.159 e. The van der Waals surface area contributed by atoms with Gasteiger partial charge in [-0.15, -0.1) is 0 Å². The van der Waals surface area contributed by atoms with Crippen molar-refractivity contribution in [3.8, 4) is 0 Å². The number of hydrogen-bond donors (Lipinski definition) is 1. The Morgan fingerprint density at radius 1 is 1.00 bits per heavy atom. The fourth-order valence-electron chi connectivity index (χ4n) is 2.41. The van der Waals surface area contributed by atoms with Crippen LogP contribution < -0.4 is 0 Å². The summed E-state index contributed by atoms with van der Waals surface area (Å²) < 4.78 is 26.0. The summed E-state index contributed by atoms with van der Waals surface area (Å²) in [7, 11) is 0. The van der Waals surface area contributed by atoms with E-state index in [0.717, 1.165) is 17.7 Å². The summed E-state index contributed by atoms with van der Waals surface area (Å²) in [5, 5.41) is 10.2. The first-order chi connectivity index (χ1) is 9.63. The average molecular weight is 274 g/mol. The lowest BCUT2D eigenvalue weighted by molar-refractivity contribution is 0.178. The number of halogens is 2. The Bertz CT molecular complexity index is 603. The summed E-state index contributed by atoms with van der Waals surface area (Å²) in [6, 6.07) is 11.6. The number of benzene rings is 2. The summed E-state index contributed by atoms with van der Waals surface area (Å²) in [5.74, 6) is -1.05. The number of aliphatic hydroxyl groups excluding tert-OH is 1. The van der Waals surface area contributed by atoms with Crippen molar-refractivity contribution in [3.05, 3.63) is 70.8 Å². The minimum Gasteiger partial charge on any atom is -0.388 e. The highest BCUT2D eigenvalue weighted by Crippen LogP contribution is 2.40. The largest absolute Gasteiger partial charge is 0.388 e. The van der Waals surface area contributed by atoms with Gasteiger partial charge in [-0.1, -0.05) is 30.3 Å². The minimum absolute atomic E-state index is 0.278. The summed E-state index contributed by atoms with van der Waals surface area (Å²) in [6.45, 7) is 0. The van der Waals surface area contributed by atoms with Crippen molar-refractivity contribution >= 4 is 0 Å². The Morgan fingerprint density at radius 3 is 2.30 bits per heavy atom. The van der Waals surface area contributed by atoms with Gasteiger partial charge >= 0.3 is 0 Å². The lowest BCUT2D eigenvalue weighted by atomic mass is 9.99. The van der Waals surface area contributed by atoms with Crippen LogP contribution in [0.3, 0.4) is 0 Å². The summed E-state index contributed by atoms with van der Waals surface area (Å²) in [5.41, 5.74) is 2.70. The fraction of sp³-hybridized carbons (Fsp3) is 0.294. The molecule has 0 spiro atoms. The first-order valence-electron chi connectivity index (χ1n) is 6.85. The predicted molar refractivity (Wildman–Crippen MR) is 73.4 cm³/mol. The molecule has 0 aromatic heterocycles. The quantitative estimate of drug-likeness (QED) is 0.889. The molecular weight excluding hydrogens is 258 g/mol. The maximum atomic E-state index is 13.1. The van der Waals surface area contributed by atoms with Gasteiger partial charge in [-0.3, -0.25) is 0 Å². The van der Waals surface area contributed by atoms with Crippen LogP contribution in [-0.4, -0.2) is 5.11 Å². The van der Waals surface area contributed by atoms with E-state index in [2.05, 4.69) is 0 Å². The molecule has 1 N–H and O–H groups in total. The van der Waals surface area contributed by atoms with Gasteiger partial charge in [0, 0.05) is 6.42 Å². The standard InChI is InChI=1S/C17H16F2O/c18-15-8-1-11(9-16(15)19)10-17(20)14-6-4-13(5-7-14)12-2-3-12/h1,4-9,12,17,20H,2-3,10H2. The molecular formula is C17H16F2O. The molecule has 3 rings (SSSR count). The highest BCUT2D eigenvalue weighted by Gasteiger charge is 2.23. The molecule has 2 aromatic carbocycles. The van der Waals surface area contributed by atoms with Gasteiger partial charge in [0.25, 0.3) is 0 Å². The second kappa shape index (κ2) is 5.33. The van der Waals surface area contributed by atoms with Crippen LogP contribution in [0.25, 0.3) is 0 Å². The molecule has 3 heteroatoms. The second-order valence-corrected chi connectivity index (χ2v) is 5.41. The Kier molecular flexibility index (Phi) is 3.53. The monoisotopic (exact) mass is 274 g/mol. The van der Waals surface area contributed by atoms with Gasteiger partial charge in [-0.2, -0.15) is 0 Å². The van der Waals surface area contributed by atoms with E-state index >= 15 is 0 Å². The predicted octanol–water partition coefficient (Wildman–Crippen LogP) is 4.12. The van der Waals surface area contributed by atoms with Crippen molar-refractivity contribution in [2.24, 2.45) is 0 Å². The molecule has 0 heterocycles. The van der Waals surface area contributed by atoms with Crippen LogP contribution in [0.1, 0.15) is 41.6 Å². The third kappa shape index (κ3) is 2.88. The van der Waals surface area contributed by atoms with E-state index in [1.54, 1.807) is 0 Å². The Labute approximate surface area is 116 Å². The Morgan fingerprint density at radius 2 is 1.70 bits per heavy atom. The molecule has 1 unspecified atom stereocenters. The highest BCUT2D eigenvalue weighted by atomic mass is 19.2. The second-order valence-electron chi connectivity index (χ2n) is 5.41. The molecule has 0 radical (unpaired) electrons. The van der Waals surface area contributed by atoms with Crippen LogP contribution in [0.15, 0.2) is 42.5 Å². The van der Waals surface area contributed by atoms with Crippen molar-refractivity contribution in [3.63, 3.8) is 0 Å². The van der Waals surface area contributed by atoms with Crippen molar-refractivity contribution in [1.29, 1.82) is 0 Å². The van der Waals surface area contributed by atoms with Crippen LogP contribution in [0.4, 0.5) is 8.78 Å². The van der Waals surface area contributed by atoms with Gasteiger partial charge in [0.1, 0.15) is 0 Å². The summed E-state index contributed by atoms with van der Waals surface area (Å²) in [4.78, 5) is 0. The number of aliphatic hydroxyl groups is 1. The zero-order chi connectivity index (χ0) is 14.1. The van der Waals surface area contributed by atoms with Gasteiger partial charge in [0.2, 0.25) is 0 Å². The molecule has 0 bridgehead atoms. The first kappa shape index (κ1) is 13.3. The van der Waals surface area contributed by atoms with Crippen molar-refractivity contribution < 1.29 is 13.9 Å². The van der Waals surface area contributed by atoms with E-state index in [0.29, 0.717) is 11.5 Å². The van der Waals surface area contributed by atoms with E-state index in [1.807, 2.05) is 24.3 Å². The van der Waals surface area contributed by atoms with Gasteiger partial charge in [0.05, 0.1) is 6.10 Å². The topological polar surface area (TPSA) is 20.2 Å². The maximum Gasteiger partial charge on any atom is 0.159 e.